The second kappa shape index (κ2) is 16.2. The first kappa shape index (κ1) is 40.0. The van der Waals surface area contributed by atoms with Crippen molar-refractivity contribution < 1.29 is 19.0 Å². The Kier molecular flexibility index (Phi) is 11.8. The zero-order valence-corrected chi connectivity index (χ0v) is 36.9. The van der Waals surface area contributed by atoms with Gasteiger partial charge in [-0.25, -0.2) is 0 Å². The van der Waals surface area contributed by atoms with E-state index in [1.807, 2.05) is 0 Å². The van der Waals surface area contributed by atoms with Gasteiger partial charge in [0.05, 0.1) is 35.8 Å². The lowest BCUT2D eigenvalue weighted by Crippen LogP contribution is -2.52. The van der Waals surface area contributed by atoms with Gasteiger partial charge in [-0.2, -0.15) is 0 Å². The minimum Gasteiger partial charge on any atom is -0.462 e. The van der Waals surface area contributed by atoms with Gasteiger partial charge in [-0.15, -0.1) is 0 Å². The van der Waals surface area contributed by atoms with Crippen LogP contribution in [-0.4, -0.2) is 53.7 Å². The standard InChI is InChI=1S/C50H82O4P/c1-35-25-30-50(52-34-35)36(2)47-45(54-50)33-44-42-24-23-37-32-38(26-28-48(37,3)43(42)27-29-49(44,47)4)53-46(51)22-14-15-31-55(39-16-8-5-9-17-39,40-18-10-6-11-19-40)41-20-12-7-13-21-41/h23,35-36,38-45,47H,5-22,24-34H2,1-4H3/q+1/t35-,36+,38+,42-,43+,44+,45+,47+,48+,49+,50-/m1/s1. The first-order chi connectivity index (χ1) is 26.7. The van der Waals surface area contributed by atoms with E-state index in [0.29, 0.717) is 35.7 Å². The van der Waals surface area contributed by atoms with Crippen molar-refractivity contribution in [3.8, 4) is 0 Å². The van der Waals surface area contributed by atoms with Crippen LogP contribution in [0.5, 0.6) is 0 Å². The first-order valence-electron chi connectivity index (χ1n) is 24.7. The minimum absolute atomic E-state index is 0.0880. The molecule has 7 aliphatic carbocycles. The average molecular weight is 778 g/mol. The number of hydrogen-bond acceptors (Lipinski definition) is 4. The smallest absolute Gasteiger partial charge is 0.306 e. The Morgan fingerprint density at radius 2 is 1.44 bits per heavy atom. The SMILES string of the molecule is C[C@@H]1CC[C@@]2(OC1)O[C@H]1C[C@H]3[C@@H]4CC=C5C[C@@H](OC(=O)CCCC[P+](C6CCCCC6)(C6CCCCC6)C6CCCCC6)CC[C@]5(C)[C@H]4CC[C@]3(C)[C@H]1[C@@H]2C. The van der Waals surface area contributed by atoms with Crippen LogP contribution >= 0.6 is 7.26 Å². The second-order valence-electron chi connectivity index (χ2n) is 22.2. The maximum atomic E-state index is 13.6. The largest absolute Gasteiger partial charge is 0.462 e. The van der Waals surface area contributed by atoms with Crippen LogP contribution < -0.4 is 0 Å². The lowest BCUT2D eigenvalue weighted by Gasteiger charge is -2.58. The van der Waals surface area contributed by atoms with Gasteiger partial charge in [0.25, 0.3) is 0 Å². The molecule has 0 aromatic carbocycles. The molecule has 9 rings (SSSR count). The van der Waals surface area contributed by atoms with E-state index in [9.17, 15) is 4.79 Å². The van der Waals surface area contributed by atoms with Crippen molar-refractivity contribution in [1.82, 2.24) is 0 Å². The van der Waals surface area contributed by atoms with Gasteiger partial charge in [0.2, 0.25) is 0 Å². The summed E-state index contributed by atoms with van der Waals surface area (Å²) >= 11 is 0. The van der Waals surface area contributed by atoms with Crippen molar-refractivity contribution in [2.45, 2.75) is 236 Å². The minimum atomic E-state index is -1.06. The molecule has 4 nitrogen and oxygen atoms in total. The fraction of sp³-hybridized carbons (Fsp3) is 0.940. The molecule has 0 aromatic rings. The molecule has 0 bridgehead atoms. The molecule has 0 N–H and O–H groups in total. The molecule has 1 spiro atoms. The molecule has 0 aromatic heterocycles. The van der Waals surface area contributed by atoms with E-state index < -0.39 is 7.26 Å². The topological polar surface area (TPSA) is 44.8 Å². The number of ether oxygens (including phenoxy) is 3. The summed E-state index contributed by atoms with van der Waals surface area (Å²) in [6, 6.07) is 0. The second-order valence-corrected chi connectivity index (χ2v) is 26.8. The van der Waals surface area contributed by atoms with Gasteiger partial charge >= 0.3 is 5.97 Å². The number of carbonyl (C=O) groups excluding carboxylic acids is 1. The van der Waals surface area contributed by atoms with Crippen LogP contribution in [0.25, 0.3) is 0 Å². The molecule has 2 aliphatic heterocycles. The number of carbonyl (C=O) groups is 1. The zero-order valence-electron chi connectivity index (χ0n) is 36.0. The van der Waals surface area contributed by atoms with Crippen LogP contribution in [0.4, 0.5) is 0 Å². The Bertz CT molecular complexity index is 1320. The maximum Gasteiger partial charge on any atom is 0.306 e. The molecule has 11 atom stereocenters. The Morgan fingerprint density at radius 1 is 0.782 bits per heavy atom. The van der Waals surface area contributed by atoms with Crippen molar-refractivity contribution in [1.29, 1.82) is 0 Å². The maximum absolute atomic E-state index is 13.6. The van der Waals surface area contributed by atoms with Crippen molar-refractivity contribution in [2.75, 3.05) is 12.8 Å². The van der Waals surface area contributed by atoms with Crippen molar-refractivity contribution in [3.63, 3.8) is 0 Å². The van der Waals surface area contributed by atoms with E-state index in [-0.39, 0.29) is 23.3 Å². The van der Waals surface area contributed by atoms with Gasteiger partial charge in [0, 0.05) is 32.4 Å². The van der Waals surface area contributed by atoms with Gasteiger partial charge in [-0.05, 0) is 175 Å². The molecule has 0 radical (unpaired) electrons. The molecular weight excluding hydrogens is 696 g/mol. The highest BCUT2D eigenvalue weighted by Crippen LogP contribution is 2.78. The van der Waals surface area contributed by atoms with Crippen molar-refractivity contribution in [2.24, 2.45) is 46.3 Å². The first-order valence-corrected chi connectivity index (χ1v) is 26.9. The molecule has 2 heterocycles. The van der Waals surface area contributed by atoms with Gasteiger partial charge in [0.1, 0.15) is 6.10 Å². The zero-order chi connectivity index (χ0) is 37.8. The summed E-state index contributed by atoms with van der Waals surface area (Å²) in [6.45, 7) is 10.9. The highest BCUT2D eigenvalue weighted by molar-refractivity contribution is 7.77. The molecule has 55 heavy (non-hydrogen) atoms. The molecule has 9 aliphatic rings. The van der Waals surface area contributed by atoms with E-state index in [2.05, 4.69) is 33.8 Å². The molecular formula is C50H82O4P+. The van der Waals surface area contributed by atoms with Crippen LogP contribution in [0.1, 0.15) is 201 Å². The normalized spacial score (nSPS) is 44.3. The van der Waals surface area contributed by atoms with E-state index in [1.165, 1.54) is 147 Å². The lowest BCUT2D eigenvalue weighted by molar-refractivity contribution is -0.272. The average Bonchev–Trinajstić information content (AvgIpc) is 3.66. The molecule has 8 fully saturated rings. The van der Waals surface area contributed by atoms with Gasteiger partial charge in [-0.3, -0.25) is 4.79 Å². The summed E-state index contributed by atoms with van der Waals surface area (Å²) in [7, 11) is -1.06. The van der Waals surface area contributed by atoms with Gasteiger partial charge in [0.15, 0.2) is 5.79 Å². The predicted octanol–water partition coefficient (Wildman–Crippen LogP) is 13.5. The van der Waals surface area contributed by atoms with E-state index >= 15 is 0 Å². The highest BCUT2D eigenvalue weighted by atomic mass is 31.2. The Hall–Kier alpha value is -0.440. The van der Waals surface area contributed by atoms with Crippen LogP contribution in [-0.2, 0) is 19.0 Å². The van der Waals surface area contributed by atoms with Crippen LogP contribution in [0.3, 0.4) is 0 Å². The number of rotatable bonds is 9. The molecule has 5 heteroatoms. The summed E-state index contributed by atoms with van der Waals surface area (Å²) in [6.07, 6.45) is 40.8. The van der Waals surface area contributed by atoms with Crippen LogP contribution in [0, 0.1) is 46.3 Å². The summed E-state index contributed by atoms with van der Waals surface area (Å²) < 4.78 is 20.0. The van der Waals surface area contributed by atoms with E-state index in [1.54, 1.807) is 5.57 Å². The molecule has 6 saturated carbocycles. The highest BCUT2D eigenvalue weighted by Gasteiger charge is 2.69. The fourth-order valence-electron chi connectivity index (χ4n) is 16.8. The fourth-order valence-corrected chi connectivity index (χ4v) is 24.4. The quantitative estimate of drug-likeness (QED) is 0.101. The van der Waals surface area contributed by atoms with Crippen LogP contribution in [0.15, 0.2) is 11.6 Å². The number of hydrogen-bond donors (Lipinski definition) is 0. The van der Waals surface area contributed by atoms with Crippen molar-refractivity contribution >= 4 is 13.2 Å². The predicted molar refractivity (Wildman–Crippen MR) is 228 cm³/mol. The number of unbranched alkanes of at least 4 members (excludes halogenated alkanes) is 1. The monoisotopic (exact) mass is 778 g/mol. The lowest BCUT2D eigenvalue weighted by atomic mass is 9.47. The Morgan fingerprint density at radius 3 is 2.05 bits per heavy atom. The van der Waals surface area contributed by atoms with Gasteiger partial charge in [-0.1, -0.05) is 58.6 Å². The third-order valence-electron chi connectivity index (χ3n) is 19.6. The summed E-state index contributed by atoms with van der Waals surface area (Å²) in [5, 5.41) is 0. The van der Waals surface area contributed by atoms with Crippen LogP contribution in [0.2, 0.25) is 0 Å². The number of fused-ring (bicyclic) bond motifs is 7. The number of allylic oxidation sites excluding steroid dienone is 1. The molecule has 2 saturated heterocycles. The Balaban J connectivity index is 0.805. The molecule has 310 valence electrons. The van der Waals surface area contributed by atoms with E-state index in [4.69, 9.17) is 14.2 Å². The summed E-state index contributed by atoms with van der Waals surface area (Å²) in [5.74, 6) is 3.84. The van der Waals surface area contributed by atoms with E-state index in [0.717, 1.165) is 67.0 Å². The molecule has 0 amide bonds. The Labute approximate surface area is 337 Å². The number of esters is 1. The summed E-state index contributed by atoms with van der Waals surface area (Å²) in [4.78, 5) is 13.6. The third-order valence-corrected chi connectivity index (χ3v) is 26.3. The third kappa shape index (κ3) is 7.11. The van der Waals surface area contributed by atoms with Gasteiger partial charge < -0.3 is 14.2 Å². The summed E-state index contributed by atoms with van der Waals surface area (Å²) in [5.41, 5.74) is 5.42. The van der Waals surface area contributed by atoms with Crippen molar-refractivity contribution in [3.05, 3.63) is 11.6 Å². The molecule has 0 unspecified atom stereocenters.